The van der Waals surface area contributed by atoms with Crippen molar-refractivity contribution in [3.63, 3.8) is 0 Å². The van der Waals surface area contributed by atoms with Gasteiger partial charge in [-0.3, -0.25) is 0 Å². The fraction of sp³-hybridized carbons (Fsp3) is 0.200. The Morgan fingerprint density at radius 1 is 1.17 bits per heavy atom. The van der Waals surface area contributed by atoms with E-state index in [2.05, 4.69) is 37.3 Å². The van der Waals surface area contributed by atoms with Gasteiger partial charge in [0.25, 0.3) is 0 Å². The van der Waals surface area contributed by atoms with E-state index in [1.54, 1.807) is 30.7 Å². The molecule has 0 aliphatic carbocycles. The Morgan fingerprint density at radius 3 is 2.69 bits per heavy atom. The van der Waals surface area contributed by atoms with E-state index in [1.165, 1.54) is 11.3 Å². The number of sulfone groups is 1. The molecule has 0 saturated carbocycles. The zero-order valence-electron chi connectivity index (χ0n) is 18.6. The average molecular weight is 569 g/mol. The lowest BCUT2D eigenvalue weighted by Crippen LogP contribution is -2.53. The van der Waals surface area contributed by atoms with Gasteiger partial charge in [0.05, 0.1) is 34.0 Å². The number of H-pyrrole nitrogens is 1. The topological polar surface area (TPSA) is 102 Å². The van der Waals surface area contributed by atoms with E-state index in [0.29, 0.717) is 29.3 Å². The summed E-state index contributed by atoms with van der Waals surface area (Å²) in [6, 6.07) is 20.5. The monoisotopic (exact) mass is 567 g/mol. The maximum absolute atomic E-state index is 14.3. The fourth-order valence-corrected chi connectivity index (χ4v) is 8.61. The van der Waals surface area contributed by atoms with Crippen LogP contribution in [0, 0.1) is 11.3 Å². The smallest absolute Gasteiger partial charge is 0.210 e. The molecular formula is C25H22BrN5O2S2. The number of halogens is 1. The molecule has 35 heavy (non-hydrogen) atoms. The number of nitrogens with zero attached hydrogens (tertiary/aromatic N) is 3. The summed E-state index contributed by atoms with van der Waals surface area (Å²) in [5.41, 5.74) is 3.96. The highest BCUT2D eigenvalue weighted by molar-refractivity contribution is 9.11. The van der Waals surface area contributed by atoms with E-state index < -0.39 is 21.3 Å². The summed E-state index contributed by atoms with van der Waals surface area (Å²) in [7, 11) is -3.80. The molecule has 10 heteroatoms. The maximum atomic E-state index is 14.3. The van der Waals surface area contributed by atoms with Gasteiger partial charge >= 0.3 is 0 Å². The van der Waals surface area contributed by atoms with Crippen LogP contribution >= 0.6 is 27.3 Å². The number of fused-ring (bicyclic) bond motifs is 1. The molecule has 0 saturated heterocycles. The minimum atomic E-state index is -3.80. The Morgan fingerprint density at radius 2 is 2.00 bits per heavy atom. The van der Waals surface area contributed by atoms with E-state index in [4.69, 9.17) is 0 Å². The number of aromatic nitrogens is 2. The minimum absolute atomic E-state index is 0.297. The Kier molecular flexibility index (Phi) is 6.75. The van der Waals surface area contributed by atoms with Gasteiger partial charge in [-0.2, -0.15) is 5.26 Å². The van der Waals surface area contributed by atoms with Crippen molar-refractivity contribution in [3.05, 3.63) is 99.4 Å². The lowest BCUT2D eigenvalue weighted by molar-refractivity contribution is 0.464. The molecule has 0 amide bonds. The van der Waals surface area contributed by atoms with E-state index in [1.807, 2.05) is 47.4 Å². The number of imidazole rings is 1. The second-order valence-corrected chi connectivity index (χ2v) is 13.0. The number of rotatable bonds is 6. The molecule has 0 spiro atoms. The number of nitriles is 1. The van der Waals surface area contributed by atoms with Gasteiger partial charge in [-0.1, -0.05) is 30.3 Å². The Balaban J connectivity index is 1.68. The van der Waals surface area contributed by atoms with Gasteiger partial charge in [-0.05, 0) is 63.8 Å². The molecule has 3 heterocycles. The Bertz CT molecular complexity index is 1460. The molecule has 2 aromatic carbocycles. The molecule has 0 bridgehead atoms. The molecule has 2 N–H and O–H groups in total. The first-order chi connectivity index (χ1) is 17.0. The lowest BCUT2D eigenvalue weighted by Gasteiger charge is -2.36. The maximum Gasteiger partial charge on any atom is 0.210 e. The molecule has 0 radical (unpaired) electrons. The zero-order chi connectivity index (χ0) is 24.4. The predicted octanol–water partition coefficient (Wildman–Crippen LogP) is 4.63. The molecule has 1 aliphatic heterocycles. The summed E-state index contributed by atoms with van der Waals surface area (Å²) in [6.45, 7) is 0.741. The van der Waals surface area contributed by atoms with Crippen molar-refractivity contribution >= 4 is 42.8 Å². The highest BCUT2D eigenvalue weighted by atomic mass is 79.9. The lowest BCUT2D eigenvalue weighted by atomic mass is 10.1. The first-order valence-electron chi connectivity index (χ1n) is 11.0. The van der Waals surface area contributed by atoms with Crippen molar-refractivity contribution in [2.45, 2.75) is 35.1 Å². The molecule has 1 unspecified atom stereocenters. The van der Waals surface area contributed by atoms with Crippen LogP contribution in [0.5, 0.6) is 0 Å². The summed E-state index contributed by atoms with van der Waals surface area (Å²) in [5, 5.41) is 12.1. The third kappa shape index (κ3) is 4.90. The largest absolute Gasteiger partial charge is 0.351 e. The number of aromatic amines is 1. The number of thiophene rings is 1. The predicted molar refractivity (Wildman–Crippen MR) is 140 cm³/mol. The van der Waals surface area contributed by atoms with Crippen molar-refractivity contribution < 1.29 is 8.42 Å². The minimum Gasteiger partial charge on any atom is -0.351 e. The van der Waals surface area contributed by atoms with Gasteiger partial charge < -0.3 is 15.2 Å². The normalized spacial score (nSPS) is 18.0. The number of hydrogen-bond acceptors (Lipinski definition) is 7. The highest BCUT2D eigenvalue weighted by Crippen LogP contribution is 2.37. The second-order valence-electron chi connectivity index (χ2n) is 8.31. The van der Waals surface area contributed by atoms with Crippen molar-refractivity contribution in [2.75, 3.05) is 4.90 Å². The van der Waals surface area contributed by atoms with Gasteiger partial charge in [0.2, 0.25) is 9.84 Å². The van der Waals surface area contributed by atoms with Crippen LogP contribution in [-0.2, 0) is 29.3 Å². The van der Waals surface area contributed by atoms with Crippen LogP contribution in [0.25, 0.3) is 0 Å². The Labute approximate surface area is 216 Å². The molecule has 178 valence electrons. The summed E-state index contributed by atoms with van der Waals surface area (Å²) in [6.07, 6.45) is 3.89. The standard InChI is InChI=1S/C25H22BrN5O2S2/c26-23-8-9-24(34-23)35(32,33)25-21(11-17-4-2-1-3-5-17)29-13-19-10-18(12-27)6-7-22(19)31(25)15-20-14-28-16-30-20/h1-10,14,16,21,25,29H,11,13,15H2,(H,28,30)/t21?,25-/m1/s1. The molecular weight excluding hydrogens is 546 g/mol. The highest BCUT2D eigenvalue weighted by Gasteiger charge is 2.43. The number of nitrogens with one attached hydrogen (secondary N) is 2. The summed E-state index contributed by atoms with van der Waals surface area (Å²) in [5.74, 6) is 0. The average Bonchev–Trinajstić information content (AvgIpc) is 3.51. The van der Waals surface area contributed by atoms with Crippen LogP contribution in [0.4, 0.5) is 5.69 Å². The van der Waals surface area contributed by atoms with E-state index in [-0.39, 0.29) is 0 Å². The van der Waals surface area contributed by atoms with E-state index in [9.17, 15) is 13.7 Å². The van der Waals surface area contributed by atoms with Gasteiger partial charge in [0.1, 0.15) is 4.21 Å². The quantitative estimate of drug-likeness (QED) is 0.352. The fourth-order valence-electron chi connectivity index (χ4n) is 4.49. The third-order valence-electron chi connectivity index (χ3n) is 6.06. The molecule has 5 rings (SSSR count). The molecule has 2 aromatic heterocycles. The van der Waals surface area contributed by atoms with Gasteiger partial charge in [0, 0.05) is 24.5 Å². The summed E-state index contributed by atoms with van der Waals surface area (Å²) in [4.78, 5) is 9.27. The first kappa shape index (κ1) is 23.8. The van der Waals surface area contributed by atoms with E-state index in [0.717, 1.165) is 26.3 Å². The van der Waals surface area contributed by atoms with Crippen LogP contribution in [0.15, 0.2) is 81.2 Å². The SMILES string of the molecule is N#Cc1ccc2c(c1)CNC(Cc1ccccc1)[C@@H](S(=O)(=O)c1ccc(Br)s1)N2Cc1c[nH]cn1. The second kappa shape index (κ2) is 9.95. The van der Waals surface area contributed by atoms with Crippen LogP contribution in [0.3, 0.4) is 0 Å². The van der Waals surface area contributed by atoms with Gasteiger partial charge in [0.15, 0.2) is 5.37 Å². The van der Waals surface area contributed by atoms with Crippen LogP contribution in [0.2, 0.25) is 0 Å². The summed E-state index contributed by atoms with van der Waals surface area (Å²) < 4.78 is 29.6. The van der Waals surface area contributed by atoms with Crippen molar-refractivity contribution in [3.8, 4) is 6.07 Å². The van der Waals surface area contributed by atoms with Crippen LogP contribution < -0.4 is 10.2 Å². The van der Waals surface area contributed by atoms with Crippen LogP contribution in [-0.4, -0.2) is 29.8 Å². The van der Waals surface area contributed by atoms with Gasteiger partial charge in [-0.15, -0.1) is 11.3 Å². The van der Waals surface area contributed by atoms with E-state index >= 15 is 0 Å². The molecule has 7 nitrogen and oxygen atoms in total. The number of hydrogen-bond donors (Lipinski definition) is 2. The first-order valence-corrected chi connectivity index (χ1v) is 14.1. The third-order valence-corrected chi connectivity index (χ3v) is 10.3. The van der Waals surface area contributed by atoms with Crippen LogP contribution in [0.1, 0.15) is 22.4 Å². The number of benzene rings is 2. The summed E-state index contributed by atoms with van der Waals surface area (Å²) >= 11 is 4.63. The van der Waals surface area contributed by atoms with Crippen molar-refractivity contribution in [2.24, 2.45) is 0 Å². The number of anilines is 1. The van der Waals surface area contributed by atoms with Gasteiger partial charge in [-0.25, -0.2) is 13.4 Å². The zero-order valence-corrected chi connectivity index (χ0v) is 21.8. The van der Waals surface area contributed by atoms with Crippen molar-refractivity contribution in [1.82, 2.24) is 15.3 Å². The van der Waals surface area contributed by atoms with Crippen molar-refractivity contribution in [1.29, 1.82) is 5.26 Å². The Hall–Kier alpha value is -2.97. The molecule has 4 aromatic rings. The molecule has 0 fully saturated rings. The molecule has 1 aliphatic rings. The molecule has 2 atom stereocenters.